The van der Waals surface area contributed by atoms with E-state index in [9.17, 15) is 0 Å². The largest absolute Gasteiger partial charge is 0.490 e. The molecule has 132 valence electrons. The number of thiophene rings is 1. The van der Waals surface area contributed by atoms with Gasteiger partial charge in [-0.1, -0.05) is 6.07 Å². The minimum absolute atomic E-state index is 0.241. The van der Waals surface area contributed by atoms with Crippen LogP contribution in [0, 0.1) is 0 Å². The van der Waals surface area contributed by atoms with Gasteiger partial charge in [0.1, 0.15) is 26.2 Å². The number of ether oxygens (including phenoxy) is 2. The summed E-state index contributed by atoms with van der Waals surface area (Å²) in [4.78, 5) is 1.20. The van der Waals surface area contributed by atoms with E-state index in [1.54, 1.807) is 11.3 Å². The van der Waals surface area contributed by atoms with E-state index in [4.69, 9.17) is 14.6 Å². The smallest absolute Gasteiger partial charge is 0.161 e. The number of hydrogen-bond acceptors (Lipinski definition) is 4. The predicted octanol–water partition coefficient (Wildman–Crippen LogP) is 0.345. The van der Waals surface area contributed by atoms with Gasteiger partial charge >= 0.3 is 0 Å². The van der Waals surface area contributed by atoms with Crippen LogP contribution in [0.25, 0.3) is 0 Å². The molecule has 0 amide bonds. The Bertz CT molecular complexity index is 576. The Balaban J connectivity index is 1.85. The van der Waals surface area contributed by atoms with Crippen LogP contribution in [0.2, 0.25) is 0 Å². The highest BCUT2D eigenvalue weighted by Crippen LogP contribution is 2.29. The lowest BCUT2D eigenvalue weighted by Gasteiger charge is -2.12. The molecule has 0 unspecified atom stereocenters. The molecule has 0 radical (unpaired) electrons. The van der Waals surface area contributed by atoms with Crippen LogP contribution in [0.5, 0.6) is 11.5 Å². The molecule has 0 fully saturated rings. The first-order chi connectivity index (χ1) is 11.8. The Kier molecular flexibility index (Phi) is 8.62. The van der Waals surface area contributed by atoms with Gasteiger partial charge in [-0.25, -0.2) is 0 Å². The van der Waals surface area contributed by atoms with Gasteiger partial charge in [0.05, 0.1) is 19.8 Å². The number of aliphatic hydroxyl groups excluding tert-OH is 1. The quantitative estimate of drug-likeness (QED) is 0.483. The molecule has 6 heteroatoms. The molecular formula is C18H28N2O3S+2. The van der Waals surface area contributed by atoms with Crippen LogP contribution in [-0.2, 0) is 13.2 Å². The summed E-state index contributed by atoms with van der Waals surface area (Å²) in [6.07, 6.45) is 0. The summed E-state index contributed by atoms with van der Waals surface area (Å²) in [5.41, 5.74) is 1.23. The van der Waals surface area contributed by atoms with Crippen molar-refractivity contribution in [3.8, 4) is 11.5 Å². The highest BCUT2D eigenvalue weighted by atomic mass is 32.1. The van der Waals surface area contributed by atoms with Crippen molar-refractivity contribution < 1.29 is 25.2 Å². The molecular weight excluding hydrogens is 324 g/mol. The molecule has 5 N–H and O–H groups in total. The van der Waals surface area contributed by atoms with Crippen molar-refractivity contribution in [1.29, 1.82) is 0 Å². The number of quaternary nitrogens is 2. The lowest BCUT2D eigenvalue weighted by Crippen LogP contribution is -2.94. The summed E-state index contributed by atoms with van der Waals surface area (Å²) < 4.78 is 11.6. The van der Waals surface area contributed by atoms with Crippen molar-refractivity contribution in [2.45, 2.75) is 20.1 Å². The Labute approximate surface area is 147 Å². The lowest BCUT2D eigenvalue weighted by molar-refractivity contribution is -0.731. The summed E-state index contributed by atoms with van der Waals surface area (Å²) in [5, 5.41) is 15.2. The van der Waals surface area contributed by atoms with Crippen LogP contribution >= 0.6 is 11.3 Å². The molecule has 1 heterocycles. The molecule has 2 rings (SSSR count). The van der Waals surface area contributed by atoms with E-state index in [0.29, 0.717) is 13.2 Å². The third kappa shape index (κ3) is 6.49. The van der Waals surface area contributed by atoms with Crippen LogP contribution in [0.4, 0.5) is 0 Å². The van der Waals surface area contributed by atoms with Crippen molar-refractivity contribution in [1.82, 2.24) is 0 Å². The molecule has 0 aliphatic heterocycles. The van der Waals surface area contributed by atoms with E-state index in [-0.39, 0.29) is 6.61 Å². The number of benzene rings is 1. The maximum Gasteiger partial charge on any atom is 0.161 e. The van der Waals surface area contributed by atoms with E-state index in [1.165, 1.54) is 10.4 Å². The van der Waals surface area contributed by atoms with Crippen molar-refractivity contribution in [3.63, 3.8) is 0 Å². The number of hydrogen-bond donors (Lipinski definition) is 3. The highest BCUT2D eigenvalue weighted by Gasteiger charge is 2.08. The van der Waals surface area contributed by atoms with Gasteiger partial charge in [-0.05, 0) is 36.6 Å². The van der Waals surface area contributed by atoms with Gasteiger partial charge in [-0.15, -0.1) is 11.3 Å². The van der Waals surface area contributed by atoms with Gasteiger partial charge in [0.2, 0.25) is 0 Å². The molecule has 5 nitrogen and oxygen atoms in total. The molecule has 0 aliphatic carbocycles. The standard InChI is InChI=1S/C18H26N2O3S/c1-2-22-18-12-15(13-20-8-7-19-9-10-21)5-6-17(18)23-14-16-4-3-11-24-16/h3-6,11-12,19-21H,2,7-10,13-14H2,1H3/p+2. The fourth-order valence-electron chi connectivity index (χ4n) is 2.35. The minimum Gasteiger partial charge on any atom is -0.490 e. The Morgan fingerprint density at radius 2 is 1.92 bits per heavy atom. The average Bonchev–Trinajstić information content (AvgIpc) is 3.11. The average molecular weight is 353 g/mol. The topological polar surface area (TPSA) is 71.9 Å². The second-order valence-corrected chi connectivity index (χ2v) is 6.49. The van der Waals surface area contributed by atoms with Crippen LogP contribution in [0.15, 0.2) is 35.7 Å². The number of aliphatic hydroxyl groups is 1. The van der Waals surface area contributed by atoms with Gasteiger partial charge in [-0.3, -0.25) is 0 Å². The molecule has 1 aromatic carbocycles. The van der Waals surface area contributed by atoms with E-state index in [2.05, 4.69) is 34.2 Å². The van der Waals surface area contributed by atoms with Gasteiger partial charge in [0.15, 0.2) is 11.5 Å². The lowest BCUT2D eigenvalue weighted by atomic mass is 10.2. The van der Waals surface area contributed by atoms with Crippen LogP contribution in [0.3, 0.4) is 0 Å². The van der Waals surface area contributed by atoms with E-state index in [1.807, 2.05) is 19.1 Å². The van der Waals surface area contributed by atoms with Crippen molar-refractivity contribution in [2.24, 2.45) is 0 Å². The SMILES string of the molecule is CCOc1cc(C[NH2+]CC[NH2+]CCO)ccc1OCc1cccs1. The molecule has 0 saturated carbocycles. The first-order valence-corrected chi connectivity index (χ1v) is 9.36. The zero-order chi connectivity index (χ0) is 17.0. The molecule has 2 aromatic rings. The van der Waals surface area contributed by atoms with Crippen LogP contribution in [-0.4, -0.2) is 38.0 Å². The number of rotatable bonds is 12. The van der Waals surface area contributed by atoms with Gasteiger partial charge < -0.3 is 25.2 Å². The van der Waals surface area contributed by atoms with Crippen molar-refractivity contribution >= 4 is 11.3 Å². The normalized spacial score (nSPS) is 10.8. The maximum atomic E-state index is 8.75. The summed E-state index contributed by atoms with van der Waals surface area (Å²) in [7, 11) is 0. The van der Waals surface area contributed by atoms with E-state index >= 15 is 0 Å². The molecule has 24 heavy (non-hydrogen) atoms. The van der Waals surface area contributed by atoms with Crippen LogP contribution < -0.4 is 20.1 Å². The fraction of sp³-hybridized carbons (Fsp3) is 0.444. The van der Waals surface area contributed by atoms with Gasteiger partial charge in [0.25, 0.3) is 0 Å². The minimum atomic E-state index is 0.241. The summed E-state index contributed by atoms with van der Waals surface area (Å²) in [5.74, 6) is 1.61. The zero-order valence-corrected chi connectivity index (χ0v) is 15.1. The maximum absolute atomic E-state index is 8.75. The Hall–Kier alpha value is -1.60. The summed E-state index contributed by atoms with van der Waals surface area (Å²) in [6, 6.07) is 10.3. The molecule has 0 bridgehead atoms. The Morgan fingerprint density at radius 1 is 1.04 bits per heavy atom. The first kappa shape index (κ1) is 18.7. The van der Waals surface area contributed by atoms with Crippen molar-refractivity contribution in [2.75, 3.05) is 32.8 Å². The van der Waals surface area contributed by atoms with Gasteiger partial charge in [0, 0.05) is 10.4 Å². The monoisotopic (exact) mass is 352 g/mol. The second kappa shape index (κ2) is 11.0. The van der Waals surface area contributed by atoms with E-state index < -0.39 is 0 Å². The van der Waals surface area contributed by atoms with Crippen LogP contribution in [0.1, 0.15) is 17.4 Å². The molecule has 0 spiro atoms. The fourth-order valence-corrected chi connectivity index (χ4v) is 2.97. The Morgan fingerprint density at radius 3 is 2.67 bits per heavy atom. The molecule has 0 saturated heterocycles. The van der Waals surface area contributed by atoms with E-state index in [0.717, 1.165) is 37.7 Å². The van der Waals surface area contributed by atoms with Crippen molar-refractivity contribution in [3.05, 3.63) is 46.2 Å². The molecule has 0 aliphatic rings. The summed E-state index contributed by atoms with van der Waals surface area (Å²) >= 11 is 1.69. The first-order valence-electron chi connectivity index (χ1n) is 8.48. The second-order valence-electron chi connectivity index (χ2n) is 5.45. The molecule has 1 aromatic heterocycles. The third-order valence-corrected chi connectivity index (χ3v) is 4.40. The zero-order valence-electron chi connectivity index (χ0n) is 14.2. The predicted molar refractivity (Wildman–Crippen MR) is 95.5 cm³/mol. The molecule has 0 atom stereocenters. The highest BCUT2D eigenvalue weighted by molar-refractivity contribution is 7.09. The third-order valence-electron chi connectivity index (χ3n) is 3.55. The van der Waals surface area contributed by atoms with Gasteiger partial charge in [-0.2, -0.15) is 0 Å². The summed E-state index contributed by atoms with van der Waals surface area (Å²) in [6.45, 7) is 7.16. The number of nitrogens with two attached hydrogens (primary N) is 2.